The zero-order valence-corrected chi connectivity index (χ0v) is 18.2. The van der Waals surface area contributed by atoms with Gasteiger partial charge in [-0.3, -0.25) is 9.69 Å². The predicted octanol–water partition coefficient (Wildman–Crippen LogP) is 4.70. The summed E-state index contributed by atoms with van der Waals surface area (Å²) < 4.78 is 18.4. The molecule has 2 rings (SSSR count). The number of hydrogen-bond donors (Lipinski definition) is 1. The van der Waals surface area contributed by atoms with Crippen LogP contribution < -0.4 is 10.1 Å². The summed E-state index contributed by atoms with van der Waals surface area (Å²) in [6.07, 6.45) is 0. The van der Waals surface area contributed by atoms with Crippen molar-refractivity contribution in [2.75, 3.05) is 26.2 Å². The summed E-state index contributed by atoms with van der Waals surface area (Å²) in [6.45, 7) is 13.0. The van der Waals surface area contributed by atoms with Gasteiger partial charge in [0, 0.05) is 6.54 Å². The second-order valence-corrected chi connectivity index (χ2v) is 8.16. The Bertz CT molecular complexity index is 763. The maximum absolute atomic E-state index is 12.9. The van der Waals surface area contributed by atoms with E-state index in [1.54, 1.807) is 0 Å². The summed E-state index contributed by atoms with van der Waals surface area (Å²) in [5, 5.41) is 2.98. The molecule has 0 aliphatic heterocycles. The quantitative estimate of drug-likeness (QED) is 0.663. The highest BCUT2D eigenvalue weighted by molar-refractivity contribution is 5.77. The molecule has 2 aromatic carbocycles. The number of carbonyl (C=O) groups excluding carboxylic acids is 1. The highest BCUT2D eigenvalue weighted by Crippen LogP contribution is 2.26. The second-order valence-electron chi connectivity index (χ2n) is 8.16. The number of halogens is 1. The fraction of sp³-hybridized carbons (Fsp3) is 0.458. The van der Waals surface area contributed by atoms with Gasteiger partial charge in [-0.2, -0.15) is 0 Å². The Balaban J connectivity index is 2.01. The summed E-state index contributed by atoms with van der Waals surface area (Å²) in [6, 6.07) is 14.4. The molecule has 0 aliphatic rings. The smallest absolute Gasteiger partial charge is 0.258 e. The Labute approximate surface area is 174 Å². The van der Waals surface area contributed by atoms with Crippen LogP contribution in [0.4, 0.5) is 4.39 Å². The Morgan fingerprint density at radius 2 is 1.62 bits per heavy atom. The molecule has 4 nitrogen and oxygen atoms in total. The molecule has 0 bridgehead atoms. The van der Waals surface area contributed by atoms with E-state index in [9.17, 15) is 9.18 Å². The summed E-state index contributed by atoms with van der Waals surface area (Å²) >= 11 is 0. The van der Waals surface area contributed by atoms with Crippen LogP contribution in [0.5, 0.6) is 5.75 Å². The molecule has 0 saturated carbocycles. The van der Waals surface area contributed by atoms with Crippen LogP contribution in [0.2, 0.25) is 0 Å². The van der Waals surface area contributed by atoms with Gasteiger partial charge in [0.2, 0.25) is 0 Å². The van der Waals surface area contributed by atoms with Crippen molar-refractivity contribution in [2.24, 2.45) is 0 Å². The normalized spacial score (nSPS) is 12.7. The van der Waals surface area contributed by atoms with E-state index in [2.05, 4.69) is 69.1 Å². The molecule has 0 aromatic heterocycles. The molecule has 158 valence electrons. The van der Waals surface area contributed by atoms with Crippen molar-refractivity contribution in [2.45, 2.75) is 46.1 Å². The third-order valence-electron chi connectivity index (χ3n) is 5.09. The van der Waals surface area contributed by atoms with Crippen molar-refractivity contribution < 1.29 is 13.9 Å². The number of nitrogens with one attached hydrogen (secondary N) is 1. The average Bonchev–Trinajstić information content (AvgIpc) is 2.70. The van der Waals surface area contributed by atoms with Gasteiger partial charge in [-0.25, -0.2) is 4.39 Å². The van der Waals surface area contributed by atoms with Crippen LogP contribution in [0.15, 0.2) is 48.5 Å². The minimum absolute atomic E-state index is 0.0915. The molecule has 0 fully saturated rings. The summed E-state index contributed by atoms with van der Waals surface area (Å²) in [5.41, 5.74) is 2.58. The first-order valence-electron chi connectivity index (χ1n) is 10.2. The lowest BCUT2D eigenvalue weighted by molar-refractivity contribution is -0.123. The van der Waals surface area contributed by atoms with E-state index in [0.717, 1.165) is 13.1 Å². The van der Waals surface area contributed by atoms with Gasteiger partial charge in [-0.15, -0.1) is 0 Å². The van der Waals surface area contributed by atoms with E-state index in [-0.39, 0.29) is 29.8 Å². The second kappa shape index (κ2) is 10.4. The third-order valence-corrected chi connectivity index (χ3v) is 5.09. The minimum atomic E-state index is -0.332. The van der Waals surface area contributed by atoms with Gasteiger partial charge >= 0.3 is 0 Å². The predicted molar refractivity (Wildman–Crippen MR) is 116 cm³/mol. The zero-order chi connectivity index (χ0) is 21.4. The SMILES string of the molecule is CCN(CC)[C@@H](CNC(=O)COc1ccc(F)cc1)c1ccc(C(C)(C)C)cc1. The average molecular weight is 401 g/mol. The number of hydrogen-bond acceptors (Lipinski definition) is 3. The summed E-state index contributed by atoms with van der Waals surface area (Å²) in [5.74, 6) is -0.0567. The molecule has 1 N–H and O–H groups in total. The van der Waals surface area contributed by atoms with E-state index in [1.807, 2.05) is 0 Å². The zero-order valence-electron chi connectivity index (χ0n) is 18.2. The lowest BCUT2D eigenvalue weighted by Gasteiger charge is -2.31. The molecular formula is C24H33FN2O2. The van der Waals surface area contributed by atoms with Crippen LogP contribution in [-0.2, 0) is 10.2 Å². The largest absolute Gasteiger partial charge is 0.484 e. The Morgan fingerprint density at radius 3 is 2.14 bits per heavy atom. The molecule has 0 heterocycles. The Morgan fingerprint density at radius 1 is 1.03 bits per heavy atom. The molecule has 1 atom stereocenters. The first-order chi connectivity index (χ1) is 13.7. The molecule has 0 aliphatic carbocycles. The van der Waals surface area contributed by atoms with Crippen molar-refractivity contribution in [3.63, 3.8) is 0 Å². The maximum atomic E-state index is 12.9. The van der Waals surface area contributed by atoms with Gasteiger partial charge in [0.1, 0.15) is 11.6 Å². The molecule has 1 amide bonds. The minimum Gasteiger partial charge on any atom is -0.484 e. The standard InChI is InChI=1S/C24H33FN2O2/c1-6-27(7-2)22(18-8-10-19(11-9-18)24(3,4)5)16-26-23(28)17-29-21-14-12-20(25)13-15-21/h8-15,22H,6-7,16-17H2,1-5H3,(H,26,28)/t22-/m0/s1. The lowest BCUT2D eigenvalue weighted by Crippen LogP contribution is -2.39. The van der Waals surface area contributed by atoms with E-state index in [1.165, 1.54) is 35.4 Å². The highest BCUT2D eigenvalue weighted by Gasteiger charge is 2.20. The molecular weight excluding hydrogens is 367 g/mol. The molecule has 0 unspecified atom stereocenters. The molecule has 2 aromatic rings. The molecule has 0 spiro atoms. The number of benzene rings is 2. The molecule has 29 heavy (non-hydrogen) atoms. The fourth-order valence-electron chi connectivity index (χ4n) is 3.27. The van der Waals surface area contributed by atoms with E-state index in [0.29, 0.717) is 12.3 Å². The van der Waals surface area contributed by atoms with Gasteiger partial charge in [-0.05, 0) is 53.9 Å². The Hall–Kier alpha value is -2.40. The van der Waals surface area contributed by atoms with Crippen LogP contribution in [0.3, 0.4) is 0 Å². The first kappa shape index (κ1) is 22.9. The number of likely N-dealkylation sites (N-methyl/N-ethyl adjacent to an activating group) is 1. The van der Waals surface area contributed by atoms with E-state index < -0.39 is 0 Å². The number of rotatable bonds is 9. The van der Waals surface area contributed by atoms with Crippen LogP contribution in [0.1, 0.15) is 51.8 Å². The van der Waals surface area contributed by atoms with Crippen LogP contribution >= 0.6 is 0 Å². The number of nitrogens with zero attached hydrogens (tertiary/aromatic N) is 1. The summed E-state index contributed by atoms with van der Waals surface area (Å²) in [4.78, 5) is 14.6. The maximum Gasteiger partial charge on any atom is 0.258 e. The fourth-order valence-corrected chi connectivity index (χ4v) is 3.27. The summed E-state index contributed by atoms with van der Waals surface area (Å²) in [7, 11) is 0. The molecule has 0 radical (unpaired) electrons. The van der Waals surface area contributed by atoms with Crippen molar-refractivity contribution in [3.05, 3.63) is 65.5 Å². The van der Waals surface area contributed by atoms with Gasteiger partial charge in [0.05, 0.1) is 6.04 Å². The highest BCUT2D eigenvalue weighted by atomic mass is 19.1. The number of amides is 1. The molecule has 0 saturated heterocycles. The van der Waals surface area contributed by atoms with Crippen molar-refractivity contribution >= 4 is 5.91 Å². The van der Waals surface area contributed by atoms with E-state index >= 15 is 0 Å². The number of ether oxygens (including phenoxy) is 1. The van der Waals surface area contributed by atoms with Gasteiger partial charge in [0.25, 0.3) is 5.91 Å². The van der Waals surface area contributed by atoms with Crippen LogP contribution in [-0.4, -0.2) is 37.0 Å². The lowest BCUT2D eigenvalue weighted by atomic mass is 9.86. The first-order valence-corrected chi connectivity index (χ1v) is 10.2. The Kier molecular flexibility index (Phi) is 8.21. The van der Waals surface area contributed by atoms with Crippen molar-refractivity contribution in [1.29, 1.82) is 0 Å². The van der Waals surface area contributed by atoms with E-state index in [4.69, 9.17) is 4.74 Å². The van der Waals surface area contributed by atoms with Gasteiger partial charge in [-0.1, -0.05) is 58.9 Å². The molecule has 5 heteroatoms. The topological polar surface area (TPSA) is 41.6 Å². The van der Waals surface area contributed by atoms with Gasteiger partial charge < -0.3 is 10.1 Å². The van der Waals surface area contributed by atoms with Crippen LogP contribution in [0, 0.1) is 5.82 Å². The van der Waals surface area contributed by atoms with Gasteiger partial charge in [0.15, 0.2) is 6.61 Å². The number of carbonyl (C=O) groups is 1. The van der Waals surface area contributed by atoms with Crippen LogP contribution in [0.25, 0.3) is 0 Å². The van der Waals surface area contributed by atoms with Crippen molar-refractivity contribution in [1.82, 2.24) is 10.2 Å². The van der Waals surface area contributed by atoms with Crippen molar-refractivity contribution in [3.8, 4) is 5.75 Å². The third kappa shape index (κ3) is 6.86. The monoisotopic (exact) mass is 400 g/mol.